The summed E-state index contributed by atoms with van der Waals surface area (Å²) in [4.78, 5) is 0. The maximum atomic E-state index is 4.77. The van der Waals surface area contributed by atoms with Crippen LogP contribution < -0.4 is 0 Å². The van der Waals surface area contributed by atoms with Gasteiger partial charge in [-0.1, -0.05) is 0 Å². The Bertz CT molecular complexity index is 143. The molecule has 0 bridgehead atoms. The summed E-state index contributed by atoms with van der Waals surface area (Å²) >= 11 is 1.98. The van der Waals surface area contributed by atoms with Crippen molar-refractivity contribution in [2.45, 2.75) is 0 Å². The van der Waals surface area contributed by atoms with Gasteiger partial charge in [0.1, 0.15) is 0 Å². The Morgan fingerprint density at radius 2 is 2.57 bits per heavy atom. The molecule has 0 amide bonds. The van der Waals surface area contributed by atoms with E-state index in [1.807, 2.05) is 30.4 Å². The van der Waals surface area contributed by atoms with Crippen LogP contribution in [0.3, 0.4) is 0 Å². The molecule has 34 valence electrons. The molecule has 0 aromatic carbocycles. The summed E-state index contributed by atoms with van der Waals surface area (Å²) < 4.78 is 6.76. The van der Waals surface area contributed by atoms with E-state index in [0.29, 0.717) is 0 Å². The summed E-state index contributed by atoms with van der Waals surface area (Å²) in [7, 11) is 0. The van der Waals surface area contributed by atoms with E-state index in [9.17, 15) is 0 Å². The Morgan fingerprint density at radius 1 is 1.71 bits per heavy atom. The number of furan rings is 1. The van der Waals surface area contributed by atoms with Crippen molar-refractivity contribution in [3.05, 3.63) is 24.2 Å². The summed E-state index contributed by atoms with van der Waals surface area (Å²) in [6.07, 6.45) is 3.37. The van der Waals surface area contributed by atoms with Gasteiger partial charge in [-0.15, -0.1) is 0 Å². The van der Waals surface area contributed by atoms with Crippen molar-refractivity contribution in [2.75, 3.05) is 0 Å². The molecule has 0 fully saturated rings. The normalized spacial score (nSPS) is 8.43. The summed E-state index contributed by atoms with van der Waals surface area (Å²) in [5.74, 6) is 0. The average molecular weight is 128 g/mol. The Kier molecular flexibility index (Phi) is 1.61. The molecule has 1 nitrogen and oxygen atoms in total. The second-order valence-corrected chi connectivity index (χ2v) is 1.65. The standard InChI is InChI=1S/C5H4O.Ti/c1-5-2-3-6-4-5;/h1-4H;. The zero-order valence-electron chi connectivity index (χ0n) is 3.72. The van der Waals surface area contributed by atoms with E-state index in [4.69, 9.17) is 4.42 Å². The average Bonchev–Trinajstić information content (AvgIpc) is 2.14. The molecule has 7 heavy (non-hydrogen) atoms. The van der Waals surface area contributed by atoms with Gasteiger partial charge >= 0.3 is 52.9 Å². The molecule has 0 aliphatic heterocycles. The molecule has 0 aliphatic rings. The van der Waals surface area contributed by atoms with Gasteiger partial charge in [0.2, 0.25) is 0 Å². The van der Waals surface area contributed by atoms with Crippen molar-refractivity contribution in [1.29, 1.82) is 0 Å². The van der Waals surface area contributed by atoms with Crippen LogP contribution in [-0.2, 0) is 20.0 Å². The predicted octanol–water partition coefficient (Wildman–Crippen LogP) is 0.977. The van der Waals surface area contributed by atoms with Crippen LogP contribution in [0, 0.1) is 0 Å². The van der Waals surface area contributed by atoms with Crippen LogP contribution in [0.5, 0.6) is 0 Å². The minimum atomic E-state index is 1.14. The molecule has 1 aromatic heterocycles. The molecule has 0 radical (unpaired) electrons. The monoisotopic (exact) mass is 128 g/mol. The quantitative estimate of drug-likeness (QED) is 0.513. The van der Waals surface area contributed by atoms with Crippen molar-refractivity contribution >= 4 is 4.31 Å². The molecule has 0 atom stereocenters. The van der Waals surface area contributed by atoms with Crippen molar-refractivity contribution in [2.24, 2.45) is 0 Å². The summed E-state index contributed by atoms with van der Waals surface area (Å²) in [5, 5.41) is 0. The molecule has 0 aliphatic carbocycles. The second kappa shape index (κ2) is 2.24. The number of hydrogen-bond donors (Lipinski definition) is 0. The fourth-order valence-electron chi connectivity index (χ4n) is 0.357. The van der Waals surface area contributed by atoms with E-state index in [2.05, 4.69) is 0 Å². The van der Waals surface area contributed by atoms with Crippen molar-refractivity contribution in [1.82, 2.24) is 0 Å². The van der Waals surface area contributed by atoms with E-state index in [1.54, 1.807) is 12.5 Å². The van der Waals surface area contributed by atoms with Crippen LogP contribution in [0.4, 0.5) is 0 Å². The molecule has 0 saturated heterocycles. The Balaban J connectivity index is 2.96. The first-order valence-electron chi connectivity index (χ1n) is 1.96. The van der Waals surface area contributed by atoms with Gasteiger partial charge in [0.15, 0.2) is 0 Å². The van der Waals surface area contributed by atoms with Gasteiger partial charge in [0.05, 0.1) is 0 Å². The Labute approximate surface area is 53.2 Å². The molecule has 0 unspecified atom stereocenters. The Morgan fingerprint density at radius 3 is 2.86 bits per heavy atom. The van der Waals surface area contributed by atoms with Crippen LogP contribution in [0.15, 0.2) is 23.0 Å². The third kappa shape index (κ3) is 1.11. The van der Waals surface area contributed by atoms with Crippen LogP contribution >= 0.6 is 0 Å². The summed E-state index contributed by atoms with van der Waals surface area (Å²) in [5.41, 5.74) is 1.14. The van der Waals surface area contributed by atoms with E-state index in [0.717, 1.165) is 5.56 Å². The van der Waals surface area contributed by atoms with Gasteiger partial charge in [0, 0.05) is 0 Å². The van der Waals surface area contributed by atoms with E-state index in [1.165, 1.54) is 0 Å². The molecule has 0 N–H and O–H groups in total. The minimum absolute atomic E-state index is 1.14. The first kappa shape index (κ1) is 5.01. The van der Waals surface area contributed by atoms with E-state index < -0.39 is 0 Å². The predicted molar refractivity (Wildman–Crippen MR) is 23.9 cm³/mol. The number of rotatable bonds is 1. The first-order chi connectivity index (χ1) is 3.43. The van der Waals surface area contributed by atoms with Crippen molar-refractivity contribution in [3.8, 4) is 0 Å². The van der Waals surface area contributed by atoms with Crippen LogP contribution in [-0.4, -0.2) is 4.31 Å². The van der Waals surface area contributed by atoms with Gasteiger partial charge in [-0.3, -0.25) is 0 Å². The molecule has 1 aromatic rings. The maximum absolute atomic E-state index is 4.77. The van der Waals surface area contributed by atoms with Crippen LogP contribution in [0.25, 0.3) is 0 Å². The fraction of sp³-hybridized carbons (Fsp3) is 0. The van der Waals surface area contributed by atoms with Crippen LogP contribution in [0.1, 0.15) is 5.56 Å². The van der Waals surface area contributed by atoms with E-state index >= 15 is 0 Å². The molecular weight excluding hydrogens is 124 g/mol. The molecule has 0 saturated carbocycles. The van der Waals surface area contributed by atoms with Crippen molar-refractivity contribution < 1.29 is 24.4 Å². The van der Waals surface area contributed by atoms with Crippen LogP contribution in [0.2, 0.25) is 0 Å². The summed E-state index contributed by atoms with van der Waals surface area (Å²) in [6.45, 7) is 0. The molecule has 2 heteroatoms. The summed E-state index contributed by atoms with van der Waals surface area (Å²) in [6, 6.07) is 1.92. The van der Waals surface area contributed by atoms with Gasteiger partial charge in [-0.05, 0) is 0 Å². The van der Waals surface area contributed by atoms with Gasteiger partial charge < -0.3 is 0 Å². The molecule has 1 rings (SSSR count). The van der Waals surface area contributed by atoms with Gasteiger partial charge in [-0.2, -0.15) is 0 Å². The zero-order valence-corrected chi connectivity index (χ0v) is 5.28. The zero-order chi connectivity index (χ0) is 5.11. The van der Waals surface area contributed by atoms with E-state index in [-0.39, 0.29) is 0 Å². The third-order valence-corrected chi connectivity index (χ3v) is 1.23. The van der Waals surface area contributed by atoms with Gasteiger partial charge in [0.25, 0.3) is 0 Å². The SMILES string of the molecule is [Ti]=[CH]c1ccoc1. The number of hydrogen-bond acceptors (Lipinski definition) is 1. The van der Waals surface area contributed by atoms with Crippen molar-refractivity contribution in [3.63, 3.8) is 0 Å². The molecular formula is C5H4OTi. The molecule has 0 spiro atoms. The van der Waals surface area contributed by atoms with Gasteiger partial charge in [-0.25, -0.2) is 0 Å². The first-order valence-corrected chi connectivity index (χ1v) is 2.86. The second-order valence-electron chi connectivity index (χ2n) is 1.20. The molecule has 1 heterocycles. The third-order valence-electron chi connectivity index (χ3n) is 0.710. The fourth-order valence-corrected chi connectivity index (χ4v) is 0.614. The Hall–Kier alpha value is -0.136. The topological polar surface area (TPSA) is 13.1 Å².